The minimum atomic E-state index is -2.72. The van der Waals surface area contributed by atoms with Crippen molar-refractivity contribution in [2.75, 3.05) is 26.1 Å². The molecule has 5 nitrogen and oxygen atoms in total. The van der Waals surface area contributed by atoms with Gasteiger partial charge in [0, 0.05) is 24.7 Å². The highest BCUT2D eigenvalue weighted by Gasteiger charge is 2.67. The third-order valence-corrected chi connectivity index (χ3v) is 3.98. The van der Waals surface area contributed by atoms with Gasteiger partial charge in [0.15, 0.2) is 11.5 Å². The van der Waals surface area contributed by atoms with E-state index in [1.54, 1.807) is 0 Å². The Morgan fingerprint density at radius 1 is 1.36 bits per heavy atom. The molecule has 8 heteroatoms. The van der Waals surface area contributed by atoms with E-state index in [2.05, 4.69) is 10.6 Å². The lowest BCUT2D eigenvalue weighted by Crippen LogP contribution is -2.34. The molecule has 1 aliphatic carbocycles. The van der Waals surface area contributed by atoms with E-state index in [4.69, 9.17) is 21.1 Å². The van der Waals surface area contributed by atoms with Gasteiger partial charge in [-0.1, -0.05) is 18.5 Å². The van der Waals surface area contributed by atoms with Gasteiger partial charge < -0.3 is 20.1 Å². The first-order chi connectivity index (χ1) is 10.2. The first kappa shape index (κ1) is 16.6. The van der Waals surface area contributed by atoms with E-state index in [9.17, 15) is 13.6 Å². The van der Waals surface area contributed by atoms with Gasteiger partial charge in [-0.05, 0) is 6.07 Å². The summed E-state index contributed by atoms with van der Waals surface area (Å²) in [6, 6.07) is 2.42. The number of urea groups is 1. The van der Waals surface area contributed by atoms with E-state index in [1.807, 2.05) is 0 Å². The van der Waals surface area contributed by atoms with Crippen molar-refractivity contribution in [1.82, 2.24) is 5.32 Å². The highest BCUT2D eigenvalue weighted by molar-refractivity contribution is 6.32. The summed E-state index contributed by atoms with van der Waals surface area (Å²) in [5.41, 5.74) is -0.799. The van der Waals surface area contributed by atoms with Gasteiger partial charge in [0.2, 0.25) is 0 Å². The molecule has 1 fully saturated rings. The van der Waals surface area contributed by atoms with Crippen LogP contribution < -0.4 is 20.1 Å². The number of hydrogen-bond donors (Lipinski definition) is 2. The quantitative estimate of drug-likeness (QED) is 0.866. The topological polar surface area (TPSA) is 59.6 Å². The van der Waals surface area contributed by atoms with Gasteiger partial charge in [-0.2, -0.15) is 0 Å². The van der Waals surface area contributed by atoms with Crippen molar-refractivity contribution in [1.29, 1.82) is 0 Å². The SMILES string of the molecule is COc1cc(NC(=O)NCC2(C)CC2(F)F)cc(Cl)c1OC. The molecule has 1 aliphatic rings. The zero-order valence-electron chi connectivity index (χ0n) is 12.4. The molecule has 1 saturated carbocycles. The van der Waals surface area contributed by atoms with Crippen LogP contribution in [-0.2, 0) is 0 Å². The van der Waals surface area contributed by atoms with E-state index >= 15 is 0 Å². The number of anilines is 1. The number of amides is 2. The predicted octanol–water partition coefficient (Wildman–Crippen LogP) is 3.52. The standard InChI is InChI=1S/C14H17ClF2N2O3/c1-13(6-14(13,16)17)7-18-12(20)19-8-4-9(15)11(22-3)10(5-8)21-2/h4-5H,6-7H2,1-3H3,(H2,18,19,20). The summed E-state index contributed by atoms with van der Waals surface area (Å²) in [6.45, 7) is 1.33. The van der Waals surface area contributed by atoms with Crippen molar-refractivity contribution < 1.29 is 23.0 Å². The zero-order chi connectivity index (χ0) is 16.5. The molecule has 0 radical (unpaired) electrons. The molecule has 122 valence electrons. The molecule has 1 unspecified atom stereocenters. The third kappa shape index (κ3) is 3.19. The molecular formula is C14H17ClF2N2O3. The number of benzene rings is 1. The molecule has 0 spiro atoms. The fraction of sp³-hybridized carbons (Fsp3) is 0.500. The fourth-order valence-electron chi connectivity index (χ4n) is 2.08. The Morgan fingerprint density at radius 2 is 2.00 bits per heavy atom. The van der Waals surface area contributed by atoms with Crippen LogP contribution in [0.25, 0.3) is 0 Å². The summed E-state index contributed by atoms with van der Waals surface area (Å²) in [4.78, 5) is 11.8. The maximum atomic E-state index is 13.1. The maximum Gasteiger partial charge on any atom is 0.319 e. The number of halogens is 3. The molecule has 0 aromatic heterocycles. The smallest absolute Gasteiger partial charge is 0.319 e. The Morgan fingerprint density at radius 3 is 2.50 bits per heavy atom. The largest absolute Gasteiger partial charge is 0.493 e. The molecule has 22 heavy (non-hydrogen) atoms. The lowest BCUT2D eigenvalue weighted by Gasteiger charge is -2.14. The number of methoxy groups -OCH3 is 2. The molecule has 2 rings (SSSR count). The number of hydrogen-bond acceptors (Lipinski definition) is 3. The fourth-order valence-corrected chi connectivity index (χ4v) is 2.37. The molecule has 2 N–H and O–H groups in total. The van der Waals surface area contributed by atoms with Gasteiger partial charge in [0.05, 0.1) is 24.7 Å². The Kier molecular flexibility index (Phi) is 4.37. The molecule has 1 atom stereocenters. The number of carbonyl (C=O) groups is 1. The number of alkyl halides is 2. The van der Waals surface area contributed by atoms with E-state index < -0.39 is 17.4 Å². The highest BCUT2D eigenvalue weighted by Crippen LogP contribution is 2.59. The van der Waals surface area contributed by atoms with E-state index in [1.165, 1.54) is 33.3 Å². The van der Waals surface area contributed by atoms with Crippen LogP contribution in [0.1, 0.15) is 13.3 Å². The minimum absolute atomic E-state index is 0.104. The maximum absolute atomic E-state index is 13.1. The van der Waals surface area contributed by atoms with Gasteiger partial charge in [-0.3, -0.25) is 0 Å². The summed E-state index contributed by atoms with van der Waals surface area (Å²) >= 11 is 6.02. The van der Waals surface area contributed by atoms with Gasteiger partial charge in [-0.15, -0.1) is 0 Å². The van der Waals surface area contributed by atoms with Crippen LogP contribution in [0.3, 0.4) is 0 Å². The molecule has 0 heterocycles. The summed E-state index contributed by atoms with van der Waals surface area (Å²) in [7, 11) is 2.88. The summed E-state index contributed by atoms with van der Waals surface area (Å²) in [5, 5.41) is 5.21. The lowest BCUT2D eigenvalue weighted by atomic mass is 10.1. The molecule has 1 aromatic rings. The van der Waals surface area contributed by atoms with Crippen molar-refractivity contribution >= 4 is 23.3 Å². The summed E-state index contributed by atoms with van der Waals surface area (Å²) in [5.74, 6) is -2.02. The van der Waals surface area contributed by atoms with Crippen LogP contribution >= 0.6 is 11.6 Å². The van der Waals surface area contributed by atoms with Gasteiger partial charge in [0.25, 0.3) is 5.92 Å². The molecule has 0 aliphatic heterocycles. The van der Waals surface area contributed by atoms with Crippen molar-refractivity contribution in [3.63, 3.8) is 0 Å². The third-order valence-electron chi connectivity index (χ3n) is 3.70. The average molecular weight is 335 g/mol. The lowest BCUT2D eigenvalue weighted by molar-refractivity contribution is 0.0709. The Labute approximate surface area is 131 Å². The van der Waals surface area contributed by atoms with E-state index in [0.29, 0.717) is 17.2 Å². The van der Waals surface area contributed by atoms with Crippen molar-refractivity contribution in [2.24, 2.45) is 5.41 Å². The van der Waals surface area contributed by atoms with Crippen LogP contribution in [0, 0.1) is 5.41 Å². The van der Waals surface area contributed by atoms with Crippen molar-refractivity contribution in [3.05, 3.63) is 17.2 Å². The second-order valence-electron chi connectivity index (χ2n) is 5.44. The number of ether oxygens (including phenoxy) is 2. The van der Waals surface area contributed by atoms with E-state index in [-0.39, 0.29) is 18.0 Å². The van der Waals surface area contributed by atoms with Crippen molar-refractivity contribution in [3.8, 4) is 11.5 Å². The summed E-state index contributed by atoms with van der Waals surface area (Å²) in [6.07, 6.45) is -0.220. The van der Waals surface area contributed by atoms with Crippen LogP contribution in [0.5, 0.6) is 11.5 Å². The molecule has 0 saturated heterocycles. The first-order valence-corrected chi connectivity index (χ1v) is 6.94. The van der Waals surface area contributed by atoms with Gasteiger partial charge in [-0.25, -0.2) is 13.6 Å². The first-order valence-electron chi connectivity index (χ1n) is 6.56. The zero-order valence-corrected chi connectivity index (χ0v) is 13.2. The molecule has 0 bridgehead atoms. The Bertz CT molecular complexity index is 598. The van der Waals surface area contributed by atoms with Crippen LogP contribution in [0.15, 0.2) is 12.1 Å². The van der Waals surface area contributed by atoms with Gasteiger partial charge >= 0.3 is 6.03 Å². The highest BCUT2D eigenvalue weighted by atomic mass is 35.5. The second-order valence-corrected chi connectivity index (χ2v) is 5.85. The minimum Gasteiger partial charge on any atom is -0.493 e. The van der Waals surface area contributed by atoms with Crippen molar-refractivity contribution in [2.45, 2.75) is 19.3 Å². The molecular weight excluding hydrogens is 318 g/mol. The molecule has 2 amide bonds. The van der Waals surface area contributed by atoms with Crippen LogP contribution in [-0.4, -0.2) is 32.7 Å². The van der Waals surface area contributed by atoms with E-state index in [0.717, 1.165) is 0 Å². The number of rotatable bonds is 5. The summed E-state index contributed by atoms with van der Waals surface area (Å²) < 4.78 is 36.3. The second kappa shape index (κ2) is 5.79. The average Bonchev–Trinajstić information content (AvgIpc) is 2.95. The van der Waals surface area contributed by atoms with Crippen LogP contribution in [0.4, 0.5) is 19.3 Å². The number of nitrogens with one attached hydrogen (secondary N) is 2. The molecule has 1 aromatic carbocycles. The number of carbonyl (C=O) groups excluding carboxylic acids is 1. The Hall–Kier alpha value is -1.76. The Balaban J connectivity index is 1.99. The monoisotopic (exact) mass is 334 g/mol. The normalized spacial score (nSPS) is 21.9. The predicted molar refractivity (Wildman–Crippen MR) is 79.2 cm³/mol. The van der Waals surface area contributed by atoms with Crippen LogP contribution in [0.2, 0.25) is 5.02 Å². The van der Waals surface area contributed by atoms with Gasteiger partial charge in [0.1, 0.15) is 0 Å².